The van der Waals surface area contributed by atoms with Gasteiger partial charge in [0.2, 0.25) is 0 Å². The molecule has 0 aromatic heterocycles. The number of hydroxylamine groups is 2. The molecule has 1 heterocycles. The fourth-order valence-electron chi connectivity index (χ4n) is 2.35. The van der Waals surface area contributed by atoms with Gasteiger partial charge in [-0.15, -0.1) is 9.35 Å². The van der Waals surface area contributed by atoms with E-state index in [1.165, 1.54) is 0 Å². The summed E-state index contributed by atoms with van der Waals surface area (Å²) < 4.78 is 29.2. The van der Waals surface area contributed by atoms with Gasteiger partial charge >= 0.3 is 39.7 Å². The van der Waals surface area contributed by atoms with E-state index < -0.39 is 54.5 Å². The molecule has 0 aliphatic carbocycles. The minimum absolute atomic E-state index is 0. The number of hydrogen-bond donors (Lipinski definition) is 0. The summed E-state index contributed by atoms with van der Waals surface area (Å²) in [5, 5.41) is 23.2. The van der Waals surface area contributed by atoms with Crippen molar-refractivity contribution >= 4 is 33.4 Å². The Morgan fingerprint density at radius 2 is 1.76 bits per heavy atom. The topological polar surface area (TPSA) is 164 Å². The molecule has 2 rings (SSSR count). The Morgan fingerprint density at radius 3 is 2.28 bits per heavy atom. The van der Waals surface area contributed by atoms with Gasteiger partial charge in [-0.25, -0.2) is 0 Å². The number of Topliss-reactive ketones (excluding diaryl/α,β-unsaturated/α-hetero) is 1. The van der Waals surface area contributed by atoms with Crippen LogP contribution < -0.4 is 34.7 Å². The van der Waals surface area contributed by atoms with Crippen molar-refractivity contribution in [2.75, 3.05) is 0 Å². The zero-order valence-electron chi connectivity index (χ0n) is 15.6. The van der Waals surface area contributed by atoms with Crippen molar-refractivity contribution in [1.82, 2.24) is 5.06 Å². The number of carbonyl (C=O) groups excluding carboxylic acids is 3. The van der Waals surface area contributed by atoms with Gasteiger partial charge in [0.1, 0.15) is 4.90 Å². The zero-order valence-corrected chi connectivity index (χ0v) is 18.4. The smallest absolute Gasteiger partial charge is 0.867 e. The predicted octanol–water partition coefficient (Wildman–Crippen LogP) is -2.02. The molecule has 0 bridgehead atoms. The van der Waals surface area contributed by atoms with Gasteiger partial charge in [0.05, 0.1) is 4.92 Å². The normalized spacial score (nSPS) is 13.5. The third kappa shape index (κ3) is 5.70. The molecule has 1 aromatic rings. The fraction of sp³-hybridized carbons (Fsp3) is 0.312. The number of nitrogens with zero attached hydrogens (tertiary/aromatic N) is 2. The number of nitro benzene ring substituents is 1. The molecule has 2 amide bonds. The average molecular weight is 434 g/mol. The van der Waals surface area contributed by atoms with Crippen molar-refractivity contribution in [3.8, 4) is 5.75 Å². The molecule has 0 N–H and O–H groups in total. The molecule has 29 heavy (non-hydrogen) atoms. The summed E-state index contributed by atoms with van der Waals surface area (Å²) >= 11 is 0. The number of rotatable bonds is 9. The first kappa shape index (κ1) is 24.9. The molecule has 1 aliphatic rings. The third-order valence-electron chi connectivity index (χ3n) is 3.78. The van der Waals surface area contributed by atoms with Crippen molar-refractivity contribution in [3.63, 3.8) is 0 Å². The van der Waals surface area contributed by atoms with Crippen LogP contribution in [-0.2, 0) is 24.0 Å². The summed E-state index contributed by atoms with van der Waals surface area (Å²) in [7, 11) is -4.91. The van der Waals surface area contributed by atoms with Crippen LogP contribution in [0.3, 0.4) is 0 Å². The van der Waals surface area contributed by atoms with Crippen molar-refractivity contribution in [2.24, 2.45) is 0 Å². The van der Waals surface area contributed by atoms with Gasteiger partial charge in [-0.2, -0.15) is 8.42 Å². The standard InChI is InChI=1S/C16H16N2O9S.Na/c1-2-3-4-5-13(19)11-8-10(9-12(16(11)22)18(23)24)28(25,26)27-17-14(20)6-7-15(17)21;/h6-9,22H,2-5H2,1H3;/q;+1/p-1. The van der Waals surface area contributed by atoms with Crippen molar-refractivity contribution in [3.05, 3.63) is 40.0 Å². The molecule has 0 spiro atoms. The summed E-state index contributed by atoms with van der Waals surface area (Å²) in [4.78, 5) is 44.3. The van der Waals surface area contributed by atoms with Crippen LogP contribution >= 0.6 is 0 Å². The van der Waals surface area contributed by atoms with Gasteiger partial charge < -0.3 is 5.11 Å². The van der Waals surface area contributed by atoms with Gasteiger partial charge in [0.25, 0.3) is 17.5 Å². The zero-order chi connectivity index (χ0) is 21.1. The van der Waals surface area contributed by atoms with Gasteiger partial charge in [-0.1, -0.05) is 19.8 Å². The Bertz CT molecular complexity index is 970. The van der Waals surface area contributed by atoms with Gasteiger partial charge in [0.15, 0.2) is 5.78 Å². The average Bonchev–Trinajstić information content (AvgIpc) is 2.93. The number of carbonyl (C=O) groups is 3. The molecular formula is C16H15N2NaO9S. The third-order valence-corrected chi connectivity index (χ3v) is 4.94. The number of amides is 2. The second kappa shape index (κ2) is 10.1. The fourth-order valence-corrected chi connectivity index (χ4v) is 3.29. The van der Waals surface area contributed by atoms with Crippen LogP contribution in [-0.4, -0.2) is 36.0 Å². The molecule has 0 saturated carbocycles. The van der Waals surface area contributed by atoms with Crippen molar-refractivity contribution < 1.29 is 66.7 Å². The largest absolute Gasteiger partial charge is 1.00 e. The van der Waals surface area contributed by atoms with Crippen molar-refractivity contribution in [1.29, 1.82) is 0 Å². The molecule has 13 heteroatoms. The van der Waals surface area contributed by atoms with Crippen LogP contribution in [0.5, 0.6) is 5.75 Å². The Labute approximate surface area is 187 Å². The first-order valence-corrected chi connectivity index (χ1v) is 9.52. The van der Waals surface area contributed by atoms with E-state index in [4.69, 9.17) is 0 Å². The summed E-state index contributed by atoms with van der Waals surface area (Å²) in [5.41, 5.74) is -1.81. The number of ketones is 1. The quantitative estimate of drug-likeness (QED) is 0.107. The Morgan fingerprint density at radius 1 is 1.17 bits per heavy atom. The number of hydrogen-bond acceptors (Lipinski definition) is 9. The van der Waals surface area contributed by atoms with Crippen LogP contribution in [0, 0.1) is 10.1 Å². The van der Waals surface area contributed by atoms with Crippen LogP contribution in [0.4, 0.5) is 5.69 Å². The summed E-state index contributed by atoms with van der Waals surface area (Å²) in [6.45, 7) is 1.88. The van der Waals surface area contributed by atoms with Crippen LogP contribution in [0.1, 0.15) is 43.0 Å². The summed E-state index contributed by atoms with van der Waals surface area (Å²) in [6, 6.07) is 1.07. The van der Waals surface area contributed by atoms with Crippen LogP contribution in [0.2, 0.25) is 0 Å². The van der Waals surface area contributed by atoms with Gasteiger partial charge in [0, 0.05) is 30.2 Å². The number of unbranched alkanes of at least 4 members (excludes halogenated alkanes) is 2. The van der Waals surface area contributed by atoms with Crippen LogP contribution in [0.25, 0.3) is 0 Å². The van der Waals surface area contributed by atoms with E-state index in [-0.39, 0.29) is 41.0 Å². The molecule has 1 aliphatic heterocycles. The molecule has 0 radical (unpaired) electrons. The van der Waals surface area contributed by atoms with E-state index in [2.05, 4.69) is 4.28 Å². The van der Waals surface area contributed by atoms with E-state index in [1.807, 2.05) is 6.92 Å². The molecule has 0 atom stereocenters. The van der Waals surface area contributed by atoms with Crippen molar-refractivity contribution in [2.45, 2.75) is 37.5 Å². The molecule has 0 saturated heterocycles. The van der Waals surface area contributed by atoms with E-state index >= 15 is 0 Å². The maximum Gasteiger partial charge on any atom is 1.00 e. The Balaban J connectivity index is 0.00000420. The van der Waals surface area contributed by atoms with Gasteiger partial charge in [-0.05, 0) is 18.2 Å². The second-order valence-electron chi connectivity index (χ2n) is 5.79. The molecule has 0 unspecified atom stereocenters. The maximum absolute atomic E-state index is 12.4. The first-order chi connectivity index (χ1) is 13.1. The Kier molecular flexibility index (Phi) is 8.65. The predicted molar refractivity (Wildman–Crippen MR) is 90.3 cm³/mol. The Hall–Kier alpha value is -2.12. The SMILES string of the molecule is CCCCCC(=O)c1cc(S(=O)(=O)ON2C(=O)C=CC2=O)cc([N+](=O)[O-])c1[O-].[Na+]. The first-order valence-electron chi connectivity index (χ1n) is 8.12. The monoisotopic (exact) mass is 434 g/mol. The minimum Gasteiger partial charge on any atom is -0.867 e. The van der Waals surface area contributed by atoms with E-state index in [0.29, 0.717) is 25.0 Å². The minimum atomic E-state index is -4.91. The second-order valence-corrected chi connectivity index (χ2v) is 7.32. The van der Waals surface area contributed by atoms with E-state index in [1.54, 1.807) is 0 Å². The molecular weight excluding hydrogens is 419 g/mol. The summed E-state index contributed by atoms with van der Waals surface area (Å²) in [5.74, 6) is -4.12. The van der Waals surface area contributed by atoms with E-state index in [0.717, 1.165) is 18.6 Å². The number of nitro groups is 1. The molecule has 0 fully saturated rings. The molecule has 150 valence electrons. The molecule has 1 aromatic carbocycles. The van der Waals surface area contributed by atoms with Gasteiger partial charge in [-0.3, -0.25) is 24.5 Å². The number of imide groups is 1. The maximum atomic E-state index is 12.4. The summed E-state index contributed by atoms with van der Waals surface area (Å²) in [6.07, 6.45) is 3.31. The molecule has 11 nitrogen and oxygen atoms in total. The number of benzene rings is 1. The van der Waals surface area contributed by atoms with Crippen LogP contribution in [0.15, 0.2) is 29.2 Å². The van der Waals surface area contributed by atoms with E-state index in [9.17, 15) is 38.0 Å².